The molecule has 0 aliphatic heterocycles. The van der Waals surface area contributed by atoms with E-state index in [0.29, 0.717) is 18.8 Å². The first-order valence-electron chi connectivity index (χ1n) is 13.6. The summed E-state index contributed by atoms with van der Waals surface area (Å²) in [5.74, 6) is 0.0814. The molecule has 2 saturated carbocycles. The van der Waals surface area contributed by atoms with Crippen LogP contribution in [0.25, 0.3) is 0 Å². The van der Waals surface area contributed by atoms with E-state index in [1.807, 2.05) is 20.8 Å². The number of carbonyl (C=O) groups excluding carboxylic acids is 1. The van der Waals surface area contributed by atoms with Gasteiger partial charge in [-0.3, -0.25) is 0 Å². The predicted octanol–water partition coefficient (Wildman–Crippen LogP) is 6.21. The van der Waals surface area contributed by atoms with Gasteiger partial charge < -0.3 is 19.7 Å². The van der Waals surface area contributed by atoms with Crippen LogP contribution >= 0.6 is 0 Å². The average Bonchev–Trinajstić information content (AvgIpc) is 3.09. The van der Waals surface area contributed by atoms with Crippen LogP contribution in [0.15, 0.2) is 47.1 Å². The molecule has 0 aromatic rings. The summed E-state index contributed by atoms with van der Waals surface area (Å²) in [5.41, 5.74) is 3.89. The second-order valence-corrected chi connectivity index (χ2v) is 13.2. The Morgan fingerprint density at radius 3 is 2.61 bits per heavy atom. The quantitative estimate of drug-likeness (QED) is 0.321. The normalized spacial score (nSPS) is 32.4. The molecule has 3 aliphatic rings. The molecule has 3 rings (SSSR count). The third-order valence-corrected chi connectivity index (χ3v) is 8.11. The summed E-state index contributed by atoms with van der Waals surface area (Å²) in [7, 11) is 0. The van der Waals surface area contributed by atoms with Crippen molar-refractivity contribution in [2.24, 2.45) is 16.7 Å². The molecule has 202 valence electrons. The standard InChI is InChI=1S/C31H48O5/c1-20-23(16-24(32)17-27(20)33)12-11-22-10-9-15-31(8)25(13-14-26(22)31)21(2)35-18-28(34)36-30(6,7)19-29(3,4)5/h11-13,21,24,26-27,32-33H,1,9-10,14-19H2,2-8H3/t21-,24+,26-,27-,31+/m0/s1. The average molecular weight is 501 g/mol. The summed E-state index contributed by atoms with van der Waals surface area (Å²) in [6, 6.07) is 0. The maximum absolute atomic E-state index is 12.6. The van der Waals surface area contributed by atoms with Crippen LogP contribution in [-0.2, 0) is 14.3 Å². The van der Waals surface area contributed by atoms with Crippen LogP contribution in [0.1, 0.15) is 93.4 Å². The first kappa shape index (κ1) is 28.9. The van der Waals surface area contributed by atoms with Gasteiger partial charge in [-0.1, -0.05) is 58.1 Å². The number of hydrogen-bond donors (Lipinski definition) is 2. The smallest absolute Gasteiger partial charge is 0.332 e. The van der Waals surface area contributed by atoms with Gasteiger partial charge in [-0.25, -0.2) is 4.79 Å². The summed E-state index contributed by atoms with van der Waals surface area (Å²) in [4.78, 5) is 12.6. The van der Waals surface area contributed by atoms with Gasteiger partial charge in [-0.2, -0.15) is 0 Å². The molecule has 0 heterocycles. The molecular weight excluding hydrogens is 452 g/mol. The van der Waals surface area contributed by atoms with Crippen molar-refractivity contribution < 1.29 is 24.5 Å². The van der Waals surface area contributed by atoms with E-state index in [2.05, 4.69) is 52.5 Å². The predicted molar refractivity (Wildman–Crippen MR) is 144 cm³/mol. The molecule has 0 radical (unpaired) electrons. The highest BCUT2D eigenvalue weighted by molar-refractivity contribution is 5.71. The van der Waals surface area contributed by atoms with Gasteiger partial charge in [0.15, 0.2) is 0 Å². The first-order chi connectivity index (χ1) is 16.6. The van der Waals surface area contributed by atoms with Gasteiger partial charge in [-0.15, -0.1) is 0 Å². The first-order valence-corrected chi connectivity index (χ1v) is 13.6. The van der Waals surface area contributed by atoms with E-state index in [1.165, 1.54) is 11.1 Å². The third kappa shape index (κ3) is 6.99. The van der Waals surface area contributed by atoms with Crippen LogP contribution in [0, 0.1) is 16.7 Å². The van der Waals surface area contributed by atoms with Crippen molar-refractivity contribution in [3.8, 4) is 0 Å². The Bertz CT molecular complexity index is 931. The van der Waals surface area contributed by atoms with Crippen LogP contribution in [0.4, 0.5) is 0 Å². The summed E-state index contributed by atoms with van der Waals surface area (Å²) in [6.07, 6.45) is 11.1. The lowest BCUT2D eigenvalue weighted by atomic mass is 9.63. The van der Waals surface area contributed by atoms with E-state index in [4.69, 9.17) is 9.47 Å². The molecule has 5 atom stereocenters. The molecule has 5 heteroatoms. The fourth-order valence-corrected chi connectivity index (χ4v) is 6.88. The Kier molecular flexibility index (Phi) is 8.80. The largest absolute Gasteiger partial charge is 0.458 e. The van der Waals surface area contributed by atoms with Gasteiger partial charge in [0.05, 0.1) is 18.3 Å². The highest BCUT2D eigenvalue weighted by atomic mass is 16.6. The van der Waals surface area contributed by atoms with Crippen LogP contribution in [0.2, 0.25) is 0 Å². The fraction of sp³-hybridized carbons (Fsp3) is 0.710. The lowest BCUT2D eigenvalue weighted by Crippen LogP contribution is -2.36. The summed E-state index contributed by atoms with van der Waals surface area (Å²) >= 11 is 0. The molecular formula is C31H48O5. The number of esters is 1. The summed E-state index contributed by atoms with van der Waals surface area (Å²) in [5, 5.41) is 20.2. The van der Waals surface area contributed by atoms with Gasteiger partial charge in [0.25, 0.3) is 0 Å². The van der Waals surface area contributed by atoms with Gasteiger partial charge in [0.1, 0.15) is 12.2 Å². The number of hydrogen-bond acceptors (Lipinski definition) is 5. The van der Waals surface area contributed by atoms with Crippen molar-refractivity contribution in [1.82, 2.24) is 0 Å². The zero-order chi connectivity index (χ0) is 26.9. The molecule has 0 spiro atoms. The SMILES string of the molecule is C=C1C(=CC=C2CCC[C@]3(C)C([C@H](C)OCC(=O)OC(C)(C)CC(C)(C)C)=CC[C@@H]23)C[C@@H](O)C[C@@H]1O. The summed E-state index contributed by atoms with van der Waals surface area (Å²) in [6.45, 7) is 18.7. The van der Waals surface area contributed by atoms with Crippen LogP contribution in [0.3, 0.4) is 0 Å². The maximum Gasteiger partial charge on any atom is 0.332 e. The second kappa shape index (κ2) is 11.0. The van der Waals surface area contributed by atoms with E-state index in [1.54, 1.807) is 0 Å². The van der Waals surface area contributed by atoms with Crippen molar-refractivity contribution in [2.45, 2.75) is 117 Å². The number of aliphatic hydroxyl groups is 2. The van der Waals surface area contributed by atoms with Crippen LogP contribution < -0.4 is 0 Å². The lowest BCUT2D eigenvalue weighted by Gasteiger charge is -2.42. The van der Waals surface area contributed by atoms with Crippen molar-refractivity contribution in [2.75, 3.05) is 6.61 Å². The van der Waals surface area contributed by atoms with Gasteiger partial charge in [0.2, 0.25) is 0 Å². The molecule has 3 aliphatic carbocycles. The summed E-state index contributed by atoms with van der Waals surface area (Å²) < 4.78 is 11.8. The minimum atomic E-state index is -0.668. The van der Waals surface area contributed by atoms with Crippen molar-refractivity contribution in [3.05, 3.63) is 47.1 Å². The fourth-order valence-electron chi connectivity index (χ4n) is 6.88. The number of ether oxygens (including phenoxy) is 2. The van der Waals surface area contributed by atoms with E-state index < -0.39 is 17.8 Å². The van der Waals surface area contributed by atoms with Crippen molar-refractivity contribution in [1.29, 1.82) is 0 Å². The van der Waals surface area contributed by atoms with Gasteiger partial charge in [0, 0.05) is 6.42 Å². The molecule has 2 N–H and O–H groups in total. The number of carbonyl (C=O) groups is 1. The zero-order valence-corrected chi connectivity index (χ0v) is 23.5. The van der Waals surface area contributed by atoms with E-state index in [0.717, 1.165) is 43.3 Å². The number of fused-ring (bicyclic) bond motifs is 1. The Labute approximate surface area is 218 Å². The Morgan fingerprint density at radius 1 is 1.25 bits per heavy atom. The second-order valence-electron chi connectivity index (χ2n) is 13.2. The van der Waals surface area contributed by atoms with Crippen LogP contribution in [-0.4, -0.2) is 46.7 Å². The van der Waals surface area contributed by atoms with E-state index in [9.17, 15) is 15.0 Å². The topological polar surface area (TPSA) is 76.0 Å². The zero-order valence-electron chi connectivity index (χ0n) is 23.5. The minimum Gasteiger partial charge on any atom is -0.458 e. The monoisotopic (exact) mass is 500 g/mol. The van der Waals surface area contributed by atoms with E-state index >= 15 is 0 Å². The van der Waals surface area contributed by atoms with Crippen molar-refractivity contribution >= 4 is 5.97 Å². The van der Waals surface area contributed by atoms with Crippen LogP contribution in [0.5, 0.6) is 0 Å². The molecule has 0 saturated heterocycles. The van der Waals surface area contributed by atoms with Crippen molar-refractivity contribution in [3.63, 3.8) is 0 Å². The Morgan fingerprint density at radius 2 is 1.94 bits per heavy atom. The maximum atomic E-state index is 12.6. The van der Waals surface area contributed by atoms with Gasteiger partial charge in [-0.05, 0) is 92.8 Å². The molecule has 0 bridgehead atoms. The molecule has 36 heavy (non-hydrogen) atoms. The highest BCUT2D eigenvalue weighted by Gasteiger charge is 2.46. The molecule has 2 fully saturated rings. The molecule has 0 unspecified atom stereocenters. The number of aliphatic hydroxyl groups excluding tert-OH is 2. The highest BCUT2D eigenvalue weighted by Crippen LogP contribution is 2.55. The van der Waals surface area contributed by atoms with Gasteiger partial charge >= 0.3 is 5.97 Å². The number of allylic oxidation sites excluding steroid dienone is 4. The molecule has 5 nitrogen and oxygen atoms in total. The molecule has 0 amide bonds. The number of rotatable bonds is 7. The Balaban J connectivity index is 1.63. The third-order valence-electron chi connectivity index (χ3n) is 8.11. The minimum absolute atomic E-state index is 0.0000184. The molecule has 0 aromatic carbocycles. The molecule has 0 aromatic heterocycles. The van der Waals surface area contributed by atoms with E-state index in [-0.39, 0.29) is 29.5 Å². The Hall–Kier alpha value is -1.69. The lowest BCUT2D eigenvalue weighted by molar-refractivity contribution is -0.165.